The molecule has 0 unspecified atom stereocenters. The molecular formula is C19H24N2O4. The summed E-state index contributed by atoms with van der Waals surface area (Å²) in [6, 6.07) is 4.02. The Balaban J connectivity index is 1.68. The van der Waals surface area contributed by atoms with Crippen LogP contribution in [0, 0.1) is 19.3 Å². The number of nitrogens with two attached hydrogens (primary N) is 1. The van der Waals surface area contributed by atoms with Crippen molar-refractivity contribution in [1.82, 2.24) is 5.32 Å². The average molecular weight is 344 g/mol. The Morgan fingerprint density at radius 1 is 1.20 bits per heavy atom. The molecule has 3 N–H and O–H groups in total. The molecule has 0 atom stereocenters. The fraction of sp³-hybridized carbons (Fsp3) is 0.474. The standard InChI is InChI=1S/C19H24N2O4/c1-12-7-15-14(10-25-16(15)8-13(12)2)9-17(22)21-11-19(18(20)23)3-5-24-6-4-19/h7-8,10H,3-6,9,11H2,1-2H3,(H2,20,23)(H,21,22). The Bertz CT molecular complexity index is 803. The van der Waals surface area contributed by atoms with Crippen LogP contribution in [0.2, 0.25) is 0 Å². The van der Waals surface area contributed by atoms with Crippen LogP contribution < -0.4 is 11.1 Å². The molecule has 25 heavy (non-hydrogen) atoms. The van der Waals surface area contributed by atoms with E-state index in [1.165, 1.54) is 0 Å². The molecule has 1 aromatic carbocycles. The van der Waals surface area contributed by atoms with E-state index in [4.69, 9.17) is 14.9 Å². The molecule has 0 saturated carbocycles. The number of hydrogen-bond donors (Lipinski definition) is 2. The van der Waals surface area contributed by atoms with Crippen molar-refractivity contribution in [3.05, 3.63) is 35.1 Å². The monoisotopic (exact) mass is 344 g/mol. The molecule has 1 fully saturated rings. The van der Waals surface area contributed by atoms with Crippen molar-refractivity contribution in [2.24, 2.45) is 11.1 Å². The zero-order valence-corrected chi connectivity index (χ0v) is 14.7. The Kier molecular flexibility index (Phi) is 4.81. The summed E-state index contributed by atoms with van der Waals surface area (Å²) in [6.07, 6.45) is 2.91. The first-order valence-electron chi connectivity index (χ1n) is 8.53. The minimum absolute atomic E-state index is 0.145. The Labute approximate surface area is 146 Å². The minimum Gasteiger partial charge on any atom is -0.464 e. The van der Waals surface area contributed by atoms with Crippen LogP contribution in [0.25, 0.3) is 11.0 Å². The molecule has 1 aliphatic rings. The number of hydrogen-bond acceptors (Lipinski definition) is 4. The van der Waals surface area contributed by atoms with Crippen molar-refractivity contribution in [3.8, 4) is 0 Å². The third-order valence-corrected chi connectivity index (χ3v) is 5.22. The number of carbonyl (C=O) groups excluding carboxylic acids is 2. The van der Waals surface area contributed by atoms with Gasteiger partial charge < -0.3 is 20.2 Å². The van der Waals surface area contributed by atoms with Crippen LogP contribution in [-0.2, 0) is 20.7 Å². The molecule has 134 valence electrons. The molecule has 1 saturated heterocycles. The average Bonchev–Trinajstić information content (AvgIpc) is 2.96. The van der Waals surface area contributed by atoms with Gasteiger partial charge in [-0.2, -0.15) is 0 Å². The second kappa shape index (κ2) is 6.88. The van der Waals surface area contributed by atoms with Gasteiger partial charge in [0.2, 0.25) is 11.8 Å². The largest absolute Gasteiger partial charge is 0.464 e. The highest BCUT2D eigenvalue weighted by Gasteiger charge is 2.38. The fourth-order valence-corrected chi connectivity index (χ4v) is 3.25. The van der Waals surface area contributed by atoms with Gasteiger partial charge >= 0.3 is 0 Å². The van der Waals surface area contributed by atoms with Gasteiger partial charge in [-0.3, -0.25) is 9.59 Å². The maximum atomic E-state index is 12.4. The number of carbonyl (C=O) groups is 2. The van der Waals surface area contributed by atoms with Gasteiger partial charge in [-0.05, 0) is 49.9 Å². The zero-order chi connectivity index (χ0) is 18.0. The summed E-state index contributed by atoms with van der Waals surface area (Å²) in [5.41, 5.74) is 8.80. The van der Waals surface area contributed by atoms with Gasteiger partial charge in [0, 0.05) is 30.7 Å². The summed E-state index contributed by atoms with van der Waals surface area (Å²) < 4.78 is 10.9. The molecule has 0 aliphatic carbocycles. The number of fused-ring (bicyclic) bond motifs is 1. The topological polar surface area (TPSA) is 94.6 Å². The Morgan fingerprint density at radius 2 is 1.88 bits per heavy atom. The van der Waals surface area contributed by atoms with E-state index in [1.54, 1.807) is 6.26 Å². The SMILES string of the molecule is Cc1cc2occ(CC(=O)NCC3(C(N)=O)CCOCC3)c2cc1C. The lowest BCUT2D eigenvalue weighted by Gasteiger charge is -2.34. The Morgan fingerprint density at radius 3 is 2.56 bits per heavy atom. The van der Waals surface area contributed by atoms with E-state index >= 15 is 0 Å². The summed E-state index contributed by atoms with van der Waals surface area (Å²) in [6.45, 7) is 5.29. The predicted octanol–water partition coefficient (Wildman–Crippen LogP) is 1.99. The lowest BCUT2D eigenvalue weighted by Crippen LogP contribution is -2.49. The second-order valence-corrected chi connectivity index (χ2v) is 6.90. The van der Waals surface area contributed by atoms with E-state index in [0.29, 0.717) is 26.1 Å². The first kappa shape index (κ1) is 17.5. The van der Waals surface area contributed by atoms with Gasteiger partial charge in [0.25, 0.3) is 0 Å². The van der Waals surface area contributed by atoms with E-state index in [-0.39, 0.29) is 24.8 Å². The van der Waals surface area contributed by atoms with Crippen LogP contribution in [0.1, 0.15) is 29.5 Å². The second-order valence-electron chi connectivity index (χ2n) is 6.90. The molecule has 0 bridgehead atoms. The number of aryl methyl sites for hydroxylation is 2. The summed E-state index contributed by atoms with van der Waals surface area (Å²) >= 11 is 0. The first-order chi connectivity index (χ1) is 11.9. The van der Waals surface area contributed by atoms with Crippen LogP contribution in [0.3, 0.4) is 0 Å². The van der Waals surface area contributed by atoms with Crippen molar-refractivity contribution in [1.29, 1.82) is 0 Å². The van der Waals surface area contributed by atoms with Crippen LogP contribution in [0.15, 0.2) is 22.8 Å². The molecular weight excluding hydrogens is 320 g/mol. The summed E-state index contributed by atoms with van der Waals surface area (Å²) in [4.78, 5) is 24.2. The number of amides is 2. The van der Waals surface area contributed by atoms with Gasteiger partial charge in [-0.1, -0.05) is 0 Å². The van der Waals surface area contributed by atoms with E-state index in [9.17, 15) is 9.59 Å². The van der Waals surface area contributed by atoms with Gasteiger partial charge in [-0.15, -0.1) is 0 Å². The third kappa shape index (κ3) is 3.54. The van der Waals surface area contributed by atoms with E-state index in [2.05, 4.69) is 5.32 Å². The highest BCUT2D eigenvalue weighted by atomic mass is 16.5. The molecule has 6 nitrogen and oxygen atoms in total. The molecule has 1 aromatic heterocycles. The summed E-state index contributed by atoms with van der Waals surface area (Å²) in [7, 11) is 0. The predicted molar refractivity (Wildman–Crippen MR) is 94.1 cm³/mol. The Hall–Kier alpha value is -2.34. The lowest BCUT2D eigenvalue weighted by molar-refractivity contribution is -0.133. The van der Waals surface area contributed by atoms with Gasteiger partial charge in [-0.25, -0.2) is 0 Å². The van der Waals surface area contributed by atoms with Crippen LogP contribution in [-0.4, -0.2) is 31.6 Å². The molecule has 3 rings (SSSR count). The summed E-state index contributed by atoms with van der Waals surface area (Å²) in [5, 5.41) is 3.82. The first-order valence-corrected chi connectivity index (χ1v) is 8.53. The maximum absolute atomic E-state index is 12.4. The normalized spacial score (nSPS) is 16.7. The van der Waals surface area contributed by atoms with Crippen LogP contribution in [0.4, 0.5) is 0 Å². The molecule has 1 aliphatic heterocycles. The fourth-order valence-electron chi connectivity index (χ4n) is 3.25. The van der Waals surface area contributed by atoms with Gasteiger partial charge in [0.1, 0.15) is 5.58 Å². The number of nitrogens with one attached hydrogen (secondary N) is 1. The van der Waals surface area contributed by atoms with E-state index in [0.717, 1.165) is 27.7 Å². The van der Waals surface area contributed by atoms with Crippen molar-refractivity contribution in [3.63, 3.8) is 0 Å². The quantitative estimate of drug-likeness (QED) is 0.867. The smallest absolute Gasteiger partial charge is 0.225 e. The molecule has 6 heteroatoms. The van der Waals surface area contributed by atoms with Crippen molar-refractivity contribution in [2.75, 3.05) is 19.8 Å². The van der Waals surface area contributed by atoms with Crippen molar-refractivity contribution in [2.45, 2.75) is 33.1 Å². The van der Waals surface area contributed by atoms with Gasteiger partial charge in [0.05, 0.1) is 18.1 Å². The van der Waals surface area contributed by atoms with E-state index < -0.39 is 5.41 Å². The molecule has 2 aromatic rings. The number of benzene rings is 1. The molecule has 2 amide bonds. The van der Waals surface area contributed by atoms with Crippen molar-refractivity contribution >= 4 is 22.8 Å². The third-order valence-electron chi connectivity index (χ3n) is 5.22. The van der Waals surface area contributed by atoms with E-state index in [1.807, 2.05) is 26.0 Å². The minimum atomic E-state index is -0.708. The molecule has 0 radical (unpaired) electrons. The number of primary amides is 1. The lowest BCUT2D eigenvalue weighted by atomic mass is 9.79. The number of furan rings is 1. The molecule has 0 spiro atoms. The number of rotatable bonds is 5. The van der Waals surface area contributed by atoms with Crippen LogP contribution in [0.5, 0.6) is 0 Å². The van der Waals surface area contributed by atoms with Crippen LogP contribution >= 0.6 is 0 Å². The highest BCUT2D eigenvalue weighted by Crippen LogP contribution is 2.29. The zero-order valence-electron chi connectivity index (χ0n) is 14.7. The molecule has 2 heterocycles. The summed E-state index contributed by atoms with van der Waals surface area (Å²) in [5.74, 6) is -0.524. The van der Waals surface area contributed by atoms with Gasteiger partial charge in [0.15, 0.2) is 0 Å². The number of ether oxygens (including phenoxy) is 1. The van der Waals surface area contributed by atoms with Crippen molar-refractivity contribution < 1.29 is 18.7 Å². The maximum Gasteiger partial charge on any atom is 0.225 e. The highest BCUT2D eigenvalue weighted by molar-refractivity contribution is 5.89.